The van der Waals surface area contributed by atoms with Gasteiger partial charge in [0.1, 0.15) is 0 Å². The third-order valence-corrected chi connectivity index (χ3v) is 1.90. The molecular weight excluding hydrogens is 226 g/mol. The number of likely N-dealkylation sites (N-methyl/N-ethyl adjacent to an activating group) is 1. The van der Waals surface area contributed by atoms with E-state index in [4.69, 9.17) is 4.74 Å². The molecule has 0 spiro atoms. The number of imide groups is 1. The van der Waals surface area contributed by atoms with Gasteiger partial charge in [0.05, 0.1) is 13.2 Å². The van der Waals surface area contributed by atoms with Crippen LogP contribution in [0.3, 0.4) is 0 Å². The molecule has 0 aliphatic heterocycles. The van der Waals surface area contributed by atoms with Crippen LogP contribution in [0.2, 0.25) is 0 Å². The molecule has 0 unspecified atom stereocenters. The lowest BCUT2D eigenvalue weighted by molar-refractivity contribution is -0.144. The Labute approximate surface area is 100 Å². The predicted molar refractivity (Wildman–Crippen MR) is 61.3 cm³/mol. The van der Waals surface area contributed by atoms with Gasteiger partial charge in [0.15, 0.2) is 0 Å². The van der Waals surface area contributed by atoms with E-state index in [1.54, 1.807) is 18.9 Å². The van der Waals surface area contributed by atoms with Crippen molar-refractivity contribution in [2.24, 2.45) is 0 Å². The Morgan fingerprint density at radius 3 is 2.47 bits per heavy atom. The molecule has 17 heavy (non-hydrogen) atoms. The largest absolute Gasteiger partial charge is 0.465 e. The molecular formula is C10H19N3O4. The number of esters is 1. The van der Waals surface area contributed by atoms with Crippen LogP contribution in [0.5, 0.6) is 0 Å². The molecule has 7 heteroatoms. The van der Waals surface area contributed by atoms with Crippen molar-refractivity contribution in [2.75, 3.05) is 33.8 Å². The van der Waals surface area contributed by atoms with Crippen LogP contribution in [-0.2, 0) is 14.3 Å². The number of amides is 3. The predicted octanol–water partition coefficient (Wildman–Crippen LogP) is -0.673. The number of hydrogen-bond acceptors (Lipinski definition) is 5. The van der Waals surface area contributed by atoms with Crippen LogP contribution < -0.4 is 10.6 Å². The molecule has 0 saturated carbocycles. The van der Waals surface area contributed by atoms with Crippen LogP contribution in [0.4, 0.5) is 4.79 Å². The second kappa shape index (κ2) is 8.51. The van der Waals surface area contributed by atoms with E-state index in [1.807, 2.05) is 0 Å². The third-order valence-electron chi connectivity index (χ3n) is 1.90. The van der Waals surface area contributed by atoms with Gasteiger partial charge in [0, 0.05) is 20.0 Å². The summed E-state index contributed by atoms with van der Waals surface area (Å²) in [5.41, 5.74) is 0. The lowest BCUT2D eigenvalue weighted by Crippen LogP contribution is -2.39. The van der Waals surface area contributed by atoms with Gasteiger partial charge in [-0.2, -0.15) is 0 Å². The SMILES string of the molecule is CCOC(=O)CN(C)CCC(=O)NC(=O)NC. The number of ether oxygens (including phenoxy) is 1. The van der Waals surface area contributed by atoms with Gasteiger partial charge in [-0.1, -0.05) is 0 Å². The van der Waals surface area contributed by atoms with Gasteiger partial charge < -0.3 is 10.1 Å². The average molecular weight is 245 g/mol. The molecule has 0 heterocycles. The van der Waals surface area contributed by atoms with Crippen LogP contribution >= 0.6 is 0 Å². The molecule has 0 aromatic heterocycles. The summed E-state index contributed by atoms with van der Waals surface area (Å²) in [5, 5.41) is 4.41. The van der Waals surface area contributed by atoms with Crippen LogP contribution in [0, 0.1) is 0 Å². The Morgan fingerprint density at radius 1 is 1.29 bits per heavy atom. The summed E-state index contributed by atoms with van der Waals surface area (Å²) in [4.78, 5) is 34.8. The molecule has 0 bridgehead atoms. The molecule has 0 rings (SSSR count). The molecule has 3 amide bonds. The number of carbonyl (C=O) groups is 3. The molecule has 0 saturated heterocycles. The standard InChI is InChI=1S/C10H19N3O4/c1-4-17-9(15)7-13(3)6-5-8(14)12-10(16)11-2/h4-7H2,1-3H3,(H2,11,12,14,16). The number of hydrogen-bond donors (Lipinski definition) is 2. The first-order valence-electron chi connectivity index (χ1n) is 5.35. The molecule has 2 N–H and O–H groups in total. The van der Waals surface area contributed by atoms with E-state index in [2.05, 4.69) is 10.6 Å². The maximum absolute atomic E-state index is 11.2. The summed E-state index contributed by atoms with van der Waals surface area (Å²) in [5.74, 6) is -0.721. The first-order chi connectivity index (χ1) is 7.99. The van der Waals surface area contributed by atoms with Gasteiger partial charge in [0.2, 0.25) is 5.91 Å². The van der Waals surface area contributed by atoms with Crippen LogP contribution in [0.15, 0.2) is 0 Å². The maximum atomic E-state index is 11.2. The van der Waals surface area contributed by atoms with E-state index < -0.39 is 6.03 Å². The Hall–Kier alpha value is -1.63. The number of urea groups is 1. The fraction of sp³-hybridized carbons (Fsp3) is 0.700. The Morgan fingerprint density at radius 2 is 1.94 bits per heavy atom. The van der Waals surface area contributed by atoms with Gasteiger partial charge in [-0.25, -0.2) is 4.79 Å². The van der Waals surface area contributed by atoms with E-state index in [0.29, 0.717) is 13.2 Å². The van der Waals surface area contributed by atoms with Crippen molar-refractivity contribution in [3.63, 3.8) is 0 Å². The van der Waals surface area contributed by atoms with Crippen molar-refractivity contribution in [1.82, 2.24) is 15.5 Å². The monoisotopic (exact) mass is 245 g/mol. The van der Waals surface area contributed by atoms with Crippen LogP contribution in [0.25, 0.3) is 0 Å². The van der Waals surface area contributed by atoms with Crippen LogP contribution in [-0.4, -0.2) is 56.6 Å². The average Bonchev–Trinajstić information content (AvgIpc) is 2.26. The van der Waals surface area contributed by atoms with Crippen molar-refractivity contribution < 1.29 is 19.1 Å². The lowest BCUT2D eigenvalue weighted by atomic mass is 10.3. The second-order valence-electron chi connectivity index (χ2n) is 3.42. The molecule has 0 aliphatic rings. The molecule has 0 radical (unpaired) electrons. The molecule has 0 aromatic rings. The molecule has 0 aromatic carbocycles. The van der Waals surface area contributed by atoms with Gasteiger partial charge in [-0.05, 0) is 14.0 Å². The van der Waals surface area contributed by atoms with Crippen molar-refractivity contribution in [2.45, 2.75) is 13.3 Å². The van der Waals surface area contributed by atoms with Gasteiger partial charge in [-0.15, -0.1) is 0 Å². The van der Waals surface area contributed by atoms with E-state index in [1.165, 1.54) is 7.05 Å². The fourth-order valence-electron chi connectivity index (χ4n) is 1.05. The molecule has 98 valence electrons. The van der Waals surface area contributed by atoms with Crippen molar-refractivity contribution in [3.05, 3.63) is 0 Å². The number of carbonyl (C=O) groups excluding carboxylic acids is 3. The Bertz CT molecular complexity index is 281. The smallest absolute Gasteiger partial charge is 0.321 e. The quantitative estimate of drug-likeness (QED) is 0.606. The number of nitrogens with zero attached hydrogens (tertiary/aromatic N) is 1. The summed E-state index contributed by atoms with van der Waals surface area (Å²) in [7, 11) is 3.12. The number of nitrogens with one attached hydrogen (secondary N) is 2. The van der Waals surface area contributed by atoms with Crippen molar-refractivity contribution in [1.29, 1.82) is 0 Å². The summed E-state index contributed by atoms with van der Waals surface area (Å²) < 4.78 is 4.76. The van der Waals surface area contributed by atoms with Gasteiger partial charge in [0.25, 0.3) is 0 Å². The third kappa shape index (κ3) is 8.21. The minimum atomic E-state index is -0.539. The van der Waals surface area contributed by atoms with E-state index >= 15 is 0 Å². The van der Waals surface area contributed by atoms with E-state index in [9.17, 15) is 14.4 Å². The number of rotatable bonds is 6. The zero-order valence-electron chi connectivity index (χ0n) is 10.4. The highest BCUT2D eigenvalue weighted by Crippen LogP contribution is 1.90. The van der Waals surface area contributed by atoms with Gasteiger partial charge >= 0.3 is 12.0 Å². The summed E-state index contributed by atoms with van der Waals surface area (Å²) in [6.45, 7) is 2.57. The van der Waals surface area contributed by atoms with Crippen LogP contribution in [0.1, 0.15) is 13.3 Å². The van der Waals surface area contributed by atoms with Gasteiger partial charge in [-0.3, -0.25) is 19.8 Å². The zero-order chi connectivity index (χ0) is 13.3. The lowest BCUT2D eigenvalue weighted by Gasteiger charge is -2.14. The second-order valence-corrected chi connectivity index (χ2v) is 3.42. The normalized spacial score (nSPS) is 9.88. The zero-order valence-corrected chi connectivity index (χ0v) is 10.4. The highest BCUT2D eigenvalue weighted by Gasteiger charge is 2.10. The first-order valence-corrected chi connectivity index (χ1v) is 5.35. The van der Waals surface area contributed by atoms with E-state index in [0.717, 1.165) is 0 Å². The Balaban J connectivity index is 3.76. The van der Waals surface area contributed by atoms with Crippen molar-refractivity contribution >= 4 is 17.9 Å². The van der Waals surface area contributed by atoms with Crippen molar-refractivity contribution in [3.8, 4) is 0 Å². The summed E-state index contributed by atoms with van der Waals surface area (Å²) >= 11 is 0. The maximum Gasteiger partial charge on any atom is 0.321 e. The molecule has 0 aliphatic carbocycles. The summed E-state index contributed by atoms with van der Waals surface area (Å²) in [6.07, 6.45) is 0.142. The van der Waals surface area contributed by atoms with E-state index in [-0.39, 0.29) is 24.8 Å². The Kier molecular flexibility index (Phi) is 7.70. The first kappa shape index (κ1) is 15.4. The molecule has 0 atom stereocenters. The summed E-state index contributed by atoms with van der Waals surface area (Å²) in [6, 6.07) is -0.539. The molecule has 0 fully saturated rings. The highest BCUT2D eigenvalue weighted by atomic mass is 16.5. The minimum absolute atomic E-state index is 0.126. The topological polar surface area (TPSA) is 87.7 Å². The minimum Gasteiger partial charge on any atom is -0.465 e. The highest BCUT2D eigenvalue weighted by molar-refractivity contribution is 5.94. The fourth-order valence-corrected chi connectivity index (χ4v) is 1.05. The molecule has 7 nitrogen and oxygen atoms in total.